The molecule has 0 fully saturated rings. The van der Waals surface area contributed by atoms with E-state index in [1.165, 1.54) is 0 Å². The lowest BCUT2D eigenvalue weighted by atomic mass is 10.1. The normalized spacial score (nSPS) is 10.6. The summed E-state index contributed by atoms with van der Waals surface area (Å²) in [5.74, 6) is 0.902. The van der Waals surface area contributed by atoms with E-state index in [0.29, 0.717) is 0 Å². The van der Waals surface area contributed by atoms with E-state index in [1.807, 2.05) is 37.3 Å². The zero-order valence-electron chi connectivity index (χ0n) is 12.7. The molecular weight excluding hydrogens is 292 g/mol. The minimum Gasteiger partial charge on any atom is -0.496 e. The molecule has 0 saturated carbocycles. The number of nitrogen functional groups attached to an aromatic ring is 1. The third-order valence-corrected chi connectivity index (χ3v) is 4.51. The van der Waals surface area contributed by atoms with Gasteiger partial charge in [0, 0.05) is 28.6 Å². The van der Waals surface area contributed by atoms with Crippen LogP contribution in [0.3, 0.4) is 0 Å². The number of benzene rings is 2. The quantitative estimate of drug-likeness (QED) is 0.731. The van der Waals surface area contributed by atoms with Crippen LogP contribution in [-0.4, -0.2) is 12.1 Å². The van der Waals surface area contributed by atoms with Crippen LogP contribution in [0.1, 0.15) is 16.1 Å². The van der Waals surface area contributed by atoms with Gasteiger partial charge in [-0.1, -0.05) is 30.3 Å². The zero-order valence-corrected chi connectivity index (χ0v) is 13.5. The molecule has 0 unspecified atom stereocenters. The van der Waals surface area contributed by atoms with Crippen molar-refractivity contribution < 1.29 is 4.74 Å². The summed E-state index contributed by atoms with van der Waals surface area (Å²) in [6, 6.07) is 14.1. The first-order valence-corrected chi connectivity index (χ1v) is 7.98. The van der Waals surface area contributed by atoms with E-state index in [4.69, 9.17) is 15.5 Å². The Morgan fingerprint density at radius 3 is 2.77 bits per heavy atom. The van der Waals surface area contributed by atoms with Crippen molar-refractivity contribution in [2.45, 2.75) is 13.3 Å². The molecule has 4 heteroatoms. The maximum Gasteiger partial charge on any atom is 0.122 e. The number of nitrogens with zero attached hydrogens (tertiary/aromatic N) is 1. The number of methoxy groups -OCH3 is 1. The molecule has 3 aromatic rings. The van der Waals surface area contributed by atoms with Gasteiger partial charge in [-0.05, 0) is 24.6 Å². The first kappa shape index (κ1) is 14.6. The van der Waals surface area contributed by atoms with Crippen LogP contribution in [0.25, 0.3) is 11.3 Å². The van der Waals surface area contributed by atoms with Gasteiger partial charge in [0.15, 0.2) is 0 Å². The number of ether oxygens (including phenoxy) is 1. The molecule has 0 saturated heterocycles. The van der Waals surface area contributed by atoms with Gasteiger partial charge in [0.05, 0.1) is 17.8 Å². The molecule has 0 amide bonds. The Labute approximate surface area is 134 Å². The molecule has 112 valence electrons. The molecule has 2 N–H and O–H groups in total. The van der Waals surface area contributed by atoms with Crippen LogP contribution in [0.4, 0.5) is 5.69 Å². The largest absolute Gasteiger partial charge is 0.496 e. The number of nitrogens with two attached hydrogens (primary N) is 1. The Hall–Kier alpha value is -2.33. The molecule has 0 spiro atoms. The molecule has 0 aliphatic rings. The number of hydrogen-bond donors (Lipinski definition) is 1. The summed E-state index contributed by atoms with van der Waals surface area (Å²) >= 11 is 1.66. The Morgan fingerprint density at radius 1 is 1.18 bits per heavy atom. The summed E-state index contributed by atoms with van der Waals surface area (Å²) in [6.07, 6.45) is 0.774. The predicted octanol–water partition coefficient (Wildman–Crippen LogP) is 4.30. The van der Waals surface area contributed by atoms with Crippen molar-refractivity contribution in [2.24, 2.45) is 0 Å². The minimum atomic E-state index is 0.774. The molecular formula is C18H18N2OS. The van der Waals surface area contributed by atoms with Gasteiger partial charge in [-0.3, -0.25) is 0 Å². The van der Waals surface area contributed by atoms with Crippen LogP contribution >= 0.6 is 11.3 Å². The SMILES string of the molecule is COc1ccccc1Cc1nc(-c2ccc(C)c(N)c2)cs1. The lowest BCUT2D eigenvalue weighted by molar-refractivity contribution is 0.410. The fourth-order valence-corrected chi connectivity index (χ4v) is 3.16. The highest BCUT2D eigenvalue weighted by atomic mass is 32.1. The van der Waals surface area contributed by atoms with Gasteiger partial charge in [0.2, 0.25) is 0 Å². The molecule has 1 aromatic heterocycles. The van der Waals surface area contributed by atoms with Crippen molar-refractivity contribution in [1.29, 1.82) is 0 Å². The molecule has 0 aliphatic carbocycles. The van der Waals surface area contributed by atoms with Gasteiger partial charge in [0.25, 0.3) is 0 Å². The van der Waals surface area contributed by atoms with Crippen molar-refractivity contribution in [3.63, 3.8) is 0 Å². The molecule has 2 aromatic carbocycles. The number of anilines is 1. The fraction of sp³-hybridized carbons (Fsp3) is 0.167. The third-order valence-electron chi connectivity index (χ3n) is 3.66. The second kappa shape index (κ2) is 6.20. The van der Waals surface area contributed by atoms with E-state index in [1.54, 1.807) is 18.4 Å². The Bertz CT molecular complexity index is 795. The summed E-state index contributed by atoms with van der Waals surface area (Å²) in [7, 11) is 1.70. The van der Waals surface area contributed by atoms with Crippen LogP contribution < -0.4 is 10.5 Å². The molecule has 0 atom stereocenters. The lowest BCUT2D eigenvalue weighted by Gasteiger charge is -2.06. The lowest BCUT2D eigenvalue weighted by Crippen LogP contribution is -1.93. The third kappa shape index (κ3) is 2.97. The van der Waals surface area contributed by atoms with Crippen LogP contribution in [0, 0.1) is 6.92 Å². The molecule has 0 radical (unpaired) electrons. The van der Waals surface area contributed by atoms with E-state index >= 15 is 0 Å². The second-order valence-electron chi connectivity index (χ2n) is 5.19. The van der Waals surface area contributed by atoms with Gasteiger partial charge in [-0.15, -0.1) is 11.3 Å². The highest BCUT2D eigenvalue weighted by Gasteiger charge is 2.09. The number of para-hydroxylation sites is 1. The van der Waals surface area contributed by atoms with Crippen molar-refractivity contribution >= 4 is 17.0 Å². The monoisotopic (exact) mass is 310 g/mol. The number of hydrogen-bond acceptors (Lipinski definition) is 4. The van der Waals surface area contributed by atoms with Crippen LogP contribution in [0.15, 0.2) is 47.8 Å². The van der Waals surface area contributed by atoms with Gasteiger partial charge in [-0.25, -0.2) is 4.98 Å². The van der Waals surface area contributed by atoms with Crippen molar-refractivity contribution in [2.75, 3.05) is 12.8 Å². The van der Waals surface area contributed by atoms with Crippen molar-refractivity contribution in [3.8, 4) is 17.0 Å². The number of aromatic nitrogens is 1. The summed E-state index contributed by atoms with van der Waals surface area (Å²) in [4.78, 5) is 4.73. The van der Waals surface area contributed by atoms with Crippen LogP contribution in [0.2, 0.25) is 0 Å². The minimum absolute atomic E-state index is 0.774. The van der Waals surface area contributed by atoms with Crippen molar-refractivity contribution in [3.05, 3.63) is 64.0 Å². The van der Waals surface area contributed by atoms with Gasteiger partial charge >= 0.3 is 0 Å². The summed E-state index contributed by atoms with van der Waals surface area (Å²) in [6.45, 7) is 2.01. The average molecular weight is 310 g/mol. The molecule has 3 nitrogen and oxygen atoms in total. The predicted molar refractivity (Wildman–Crippen MR) is 92.5 cm³/mol. The van der Waals surface area contributed by atoms with E-state index in [0.717, 1.165) is 45.2 Å². The fourth-order valence-electron chi connectivity index (χ4n) is 2.34. The zero-order chi connectivity index (χ0) is 15.5. The van der Waals surface area contributed by atoms with Gasteiger partial charge < -0.3 is 10.5 Å². The summed E-state index contributed by atoms with van der Waals surface area (Å²) in [5, 5.41) is 3.15. The number of aryl methyl sites for hydroxylation is 1. The van der Waals surface area contributed by atoms with E-state index in [2.05, 4.69) is 17.5 Å². The average Bonchev–Trinajstić information content (AvgIpc) is 2.99. The van der Waals surface area contributed by atoms with Gasteiger partial charge in [0.1, 0.15) is 5.75 Å². The Morgan fingerprint density at radius 2 is 2.00 bits per heavy atom. The standard InChI is InChI=1S/C18H18N2OS/c1-12-7-8-13(9-15(12)19)16-11-22-18(20-16)10-14-5-3-4-6-17(14)21-2/h3-9,11H,10,19H2,1-2H3. The van der Waals surface area contributed by atoms with Crippen LogP contribution in [0.5, 0.6) is 5.75 Å². The Kier molecular flexibility index (Phi) is 4.11. The molecule has 1 heterocycles. The smallest absolute Gasteiger partial charge is 0.122 e. The molecule has 0 bridgehead atoms. The number of rotatable bonds is 4. The van der Waals surface area contributed by atoms with E-state index < -0.39 is 0 Å². The molecule has 22 heavy (non-hydrogen) atoms. The molecule has 3 rings (SSSR count). The highest BCUT2D eigenvalue weighted by Crippen LogP contribution is 2.28. The van der Waals surface area contributed by atoms with Gasteiger partial charge in [-0.2, -0.15) is 0 Å². The van der Waals surface area contributed by atoms with Crippen LogP contribution in [-0.2, 0) is 6.42 Å². The highest BCUT2D eigenvalue weighted by molar-refractivity contribution is 7.10. The van der Waals surface area contributed by atoms with Crippen molar-refractivity contribution in [1.82, 2.24) is 4.98 Å². The first-order chi connectivity index (χ1) is 10.7. The van der Waals surface area contributed by atoms with E-state index in [9.17, 15) is 0 Å². The summed E-state index contributed by atoms with van der Waals surface area (Å²) < 4.78 is 5.40. The summed E-state index contributed by atoms with van der Waals surface area (Å²) in [5.41, 5.74) is 11.1. The number of thiazole rings is 1. The molecule has 0 aliphatic heterocycles. The first-order valence-electron chi connectivity index (χ1n) is 7.10. The Balaban J connectivity index is 1.86. The maximum absolute atomic E-state index is 5.99. The second-order valence-corrected chi connectivity index (χ2v) is 6.13. The topological polar surface area (TPSA) is 48.1 Å². The maximum atomic E-state index is 5.99. The van der Waals surface area contributed by atoms with E-state index in [-0.39, 0.29) is 0 Å².